The number of benzene rings is 3. The van der Waals surface area contributed by atoms with E-state index in [9.17, 15) is 5.26 Å². The summed E-state index contributed by atoms with van der Waals surface area (Å²) in [6.45, 7) is 16.4. The zero-order chi connectivity index (χ0) is 33.5. The average molecular weight is 661 g/mol. The molecule has 0 saturated heterocycles. The maximum absolute atomic E-state index is 10.7. The smallest absolute Gasteiger partial charge is 0.250 e. The second kappa shape index (κ2) is 15.2. The number of rotatable bonds is 14. The highest BCUT2D eigenvalue weighted by atomic mass is 32.2. The van der Waals surface area contributed by atoms with Gasteiger partial charge in [-0.05, 0) is 104 Å². The summed E-state index contributed by atoms with van der Waals surface area (Å²) in [5.41, 5.74) is 4.85. The molecule has 248 valence electrons. The van der Waals surface area contributed by atoms with Crippen LogP contribution in [0.25, 0.3) is 0 Å². The molecule has 1 heterocycles. The Hall–Kier alpha value is -3.12. The largest absolute Gasteiger partial charge is 0.541 e. The van der Waals surface area contributed by atoms with E-state index in [0.29, 0.717) is 11.5 Å². The molecule has 0 fully saturated rings. The molecular formula is C38H52N2O4SSi. The van der Waals surface area contributed by atoms with E-state index in [2.05, 4.69) is 88.2 Å². The van der Waals surface area contributed by atoms with Crippen LogP contribution in [0, 0.1) is 18.3 Å². The number of methoxy groups -OCH3 is 3. The van der Waals surface area contributed by atoms with Crippen LogP contribution in [0.5, 0.6) is 23.0 Å². The van der Waals surface area contributed by atoms with Gasteiger partial charge in [0.2, 0.25) is 0 Å². The van der Waals surface area contributed by atoms with E-state index < -0.39 is 13.1 Å². The zero-order valence-electron chi connectivity index (χ0n) is 29.3. The summed E-state index contributed by atoms with van der Waals surface area (Å²) in [7, 11) is 3.01. The summed E-state index contributed by atoms with van der Waals surface area (Å²) >= 11 is 1.63. The third-order valence-corrected chi connectivity index (χ3v) is 15.3. The highest BCUT2D eigenvalue weighted by molar-refractivity contribution is 8.00. The average Bonchev–Trinajstić information content (AvgIpc) is 3.03. The number of hydrogen-bond acceptors (Lipinski definition) is 7. The molecule has 3 aromatic carbocycles. The fraction of sp³-hybridized carbons (Fsp3) is 0.500. The fourth-order valence-electron chi connectivity index (χ4n) is 5.66. The number of unbranched alkanes of at least 4 members (excludes halogenated alkanes) is 2. The van der Waals surface area contributed by atoms with Crippen LogP contribution in [0.3, 0.4) is 0 Å². The van der Waals surface area contributed by atoms with Crippen molar-refractivity contribution in [3.63, 3.8) is 0 Å². The molecule has 46 heavy (non-hydrogen) atoms. The third-order valence-electron chi connectivity index (χ3n) is 9.60. The Morgan fingerprint density at radius 1 is 0.826 bits per heavy atom. The van der Waals surface area contributed by atoms with Gasteiger partial charge in [0, 0.05) is 18.0 Å². The van der Waals surface area contributed by atoms with Gasteiger partial charge in [-0.3, -0.25) is 4.90 Å². The van der Waals surface area contributed by atoms with Crippen LogP contribution in [0.2, 0.25) is 18.1 Å². The molecule has 1 aliphatic heterocycles. The predicted octanol–water partition coefficient (Wildman–Crippen LogP) is 9.53. The molecule has 3 aromatic rings. The Morgan fingerprint density at radius 3 is 2.11 bits per heavy atom. The van der Waals surface area contributed by atoms with Gasteiger partial charge in [0.05, 0.1) is 27.4 Å². The summed E-state index contributed by atoms with van der Waals surface area (Å²) in [6.07, 6.45) is 4.84. The predicted molar refractivity (Wildman–Crippen MR) is 192 cm³/mol. The van der Waals surface area contributed by atoms with Crippen molar-refractivity contribution in [2.75, 3.05) is 34.4 Å². The van der Waals surface area contributed by atoms with Crippen molar-refractivity contribution in [2.24, 2.45) is 0 Å². The first-order valence-electron chi connectivity index (χ1n) is 16.4. The normalized spacial score (nSPS) is 15.0. The van der Waals surface area contributed by atoms with Crippen LogP contribution in [0.1, 0.15) is 68.7 Å². The summed E-state index contributed by atoms with van der Waals surface area (Å²) < 4.78 is 22.8. The molecule has 0 spiro atoms. The lowest BCUT2D eigenvalue weighted by Crippen LogP contribution is -2.44. The van der Waals surface area contributed by atoms with Crippen LogP contribution < -0.4 is 18.6 Å². The number of hydrogen-bond donors (Lipinski definition) is 0. The van der Waals surface area contributed by atoms with E-state index in [1.807, 2.05) is 18.2 Å². The van der Waals surface area contributed by atoms with Crippen molar-refractivity contribution in [2.45, 2.75) is 94.1 Å². The summed E-state index contributed by atoms with van der Waals surface area (Å²) in [4.78, 5) is 3.64. The first-order chi connectivity index (χ1) is 21.8. The van der Waals surface area contributed by atoms with Crippen molar-refractivity contribution in [3.05, 3.63) is 76.9 Å². The van der Waals surface area contributed by atoms with Gasteiger partial charge in [-0.15, -0.1) is 0 Å². The second-order valence-corrected chi connectivity index (χ2v) is 20.0. The lowest BCUT2D eigenvalue weighted by atomic mass is 9.92. The third kappa shape index (κ3) is 8.42. The monoisotopic (exact) mass is 660 g/mol. The molecular weight excluding hydrogens is 609 g/mol. The van der Waals surface area contributed by atoms with E-state index in [0.717, 1.165) is 73.7 Å². The van der Waals surface area contributed by atoms with Crippen LogP contribution in [-0.4, -0.2) is 47.6 Å². The molecule has 8 heteroatoms. The van der Waals surface area contributed by atoms with Gasteiger partial charge < -0.3 is 18.6 Å². The van der Waals surface area contributed by atoms with E-state index in [1.54, 1.807) is 33.1 Å². The maximum atomic E-state index is 10.7. The first kappa shape index (κ1) is 35.7. The van der Waals surface area contributed by atoms with Gasteiger partial charge in [0.15, 0.2) is 17.2 Å². The van der Waals surface area contributed by atoms with Crippen LogP contribution in [-0.2, 0) is 17.7 Å². The lowest BCUT2D eigenvalue weighted by molar-refractivity contribution is 0.247. The number of thioether (sulfide) groups is 1. The number of ether oxygens (including phenoxy) is 3. The minimum atomic E-state index is -2.00. The Balaban J connectivity index is 1.42. The van der Waals surface area contributed by atoms with Gasteiger partial charge >= 0.3 is 0 Å². The molecule has 1 aliphatic rings. The summed E-state index contributed by atoms with van der Waals surface area (Å²) in [5.74, 6) is 3.03. The zero-order valence-corrected chi connectivity index (χ0v) is 31.1. The topological polar surface area (TPSA) is 64.0 Å². The highest BCUT2D eigenvalue weighted by Gasteiger charge is 2.40. The van der Waals surface area contributed by atoms with E-state index in [1.165, 1.54) is 16.7 Å². The molecule has 4 rings (SSSR count). The van der Waals surface area contributed by atoms with Gasteiger partial charge in [-0.25, -0.2) is 0 Å². The summed E-state index contributed by atoms with van der Waals surface area (Å²) in [6, 6.07) is 21.4. The van der Waals surface area contributed by atoms with Gasteiger partial charge in [-0.2, -0.15) is 5.26 Å². The second-order valence-electron chi connectivity index (χ2n) is 13.9. The fourth-order valence-corrected chi connectivity index (χ4v) is 7.89. The maximum Gasteiger partial charge on any atom is 0.250 e. The Morgan fingerprint density at radius 2 is 1.48 bits per heavy atom. The molecule has 0 bridgehead atoms. The van der Waals surface area contributed by atoms with Crippen molar-refractivity contribution in [1.82, 2.24) is 4.90 Å². The van der Waals surface area contributed by atoms with Crippen molar-refractivity contribution < 1.29 is 18.6 Å². The Labute approximate surface area is 282 Å². The standard InChI is InChI=1S/C38H52N2O4SSi/c1-28-13-16-32(17-14-28)45-38(27-39,31-15-18-33(41-5)35(25-31)43-7)20-11-10-12-21-40-22-19-29-23-34(42-6)36(24-30(29)26-40)44-46(8,9)37(2,3)4/h13-18,23-25H,10-12,19-22,26H2,1-9H3. The SMILES string of the molecule is COc1ccc(C(C#N)(CCCCCN2CCc3cc(OC)c(O[Si](C)(C)C(C)(C)C)cc3C2)Sc2ccc(C)cc2)cc1OC. The number of nitriles is 1. The highest BCUT2D eigenvalue weighted by Crippen LogP contribution is 2.47. The first-order valence-corrected chi connectivity index (χ1v) is 20.1. The molecule has 0 aliphatic carbocycles. The van der Waals surface area contributed by atoms with E-state index >= 15 is 0 Å². The van der Waals surface area contributed by atoms with Gasteiger partial charge in [0.1, 0.15) is 10.5 Å². The van der Waals surface area contributed by atoms with Crippen molar-refractivity contribution in [3.8, 4) is 29.1 Å². The molecule has 1 atom stereocenters. The molecule has 0 amide bonds. The number of fused-ring (bicyclic) bond motifs is 1. The van der Waals surface area contributed by atoms with Crippen LogP contribution in [0.4, 0.5) is 0 Å². The van der Waals surface area contributed by atoms with Gasteiger partial charge in [-0.1, -0.05) is 69.1 Å². The van der Waals surface area contributed by atoms with Gasteiger partial charge in [0.25, 0.3) is 8.32 Å². The minimum Gasteiger partial charge on any atom is -0.541 e. The summed E-state index contributed by atoms with van der Waals surface area (Å²) in [5, 5.41) is 10.8. The number of nitrogens with zero attached hydrogens (tertiary/aromatic N) is 2. The molecule has 6 nitrogen and oxygen atoms in total. The van der Waals surface area contributed by atoms with Crippen LogP contribution >= 0.6 is 11.8 Å². The van der Waals surface area contributed by atoms with E-state index in [-0.39, 0.29) is 5.04 Å². The molecule has 0 radical (unpaired) electrons. The van der Waals surface area contributed by atoms with Crippen LogP contribution in [0.15, 0.2) is 59.5 Å². The Kier molecular flexibility index (Phi) is 11.8. The van der Waals surface area contributed by atoms with E-state index in [4.69, 9.17) is 18.6 Å². The minimum absolute atomic E-state index is 0.112. The Bertz CT molecular complexity index is 1510. The quantitative estimate of drug-likeness (QED) is 0.0969. The lowest BCUT2D eigenvalue weighted by Gasteiger charge is -2.37. The molecule has 0 N–H and O–H groups in total. The molecule has 0 saturated carbocycles. The number of aryl methyl sites for hydroxylation is 1. The van der Waals surface area contributed by atoms with Crippen molar-refractivity contribution >= 4 is 20.1 Å². The van der Waals surface area contributed by atoms with Crippen molar-refractivity contribution in [1.29, 1.82) is 5.26 Å². The molecule has 1 unspecified atom stereocenters. The molecule has 0 aromatic heterocycles.